The van der Waals surface area contributed by atoms with Gasteiger partial charge in [0.15, 0.2) is 4.73 Å². The van der Waals surface area contributed by atoms with Crippen molar-refractivity contribution >= 4 is 27.5 Å². The number of aromatic nitrogens is 2. The van der Waals surface area contributed by atoms with Gasteiger partial charge in [-0.1, -0.05) is 11.6 Å². The molecule has 0 aliphatic carbocycles. The van der Waals surface area contributed by atoms with Gasteiger partial charge in [0.25, 0.3) is 0 Å². The Hall–Kier alpha value is -1.13. The fourth-order valence-electron chi connectivity index (χ4n) is 1.32. The van der Waals surface area contributed by atoms with Gasteiger partial charge in [-0.25, -0.2) is 9.97 Å². The van der Waals surface area contributed by atoms with Gasteiger partial charge in [-0.2, -0.15) is 0 Å². The van der Waals surface area contributed by atoms with Crippen molar-refractivity contribution < 1.29 is 4.74 Å². The summed E-state index contributed by atoms with van der Waals surface area (Å²) in [6.45, 7) is 0. The molecule has 0 amide bonds. The van der Waals surface area contributed by atoms with Crippen molar-refractivity contribution in [1.82, 2.24) is 9.97 Å². The van der Waals surface area contributed by atoms with Gasteiger partial charge in [0, 0.05) is 11.8 Å². The number of methoxy groups -OCH3 is 1. The molecule has 0 aliphatic rings. The van der Waals surface area contributed by atoms with E-state index in [2.05, 4.69) is 25.9 Å². The first-order valence-electron chi connectivity index (χ1n) is 4.53. The average Bonchev–Trinajstić information content (AvgIpc) is 2.28. The summed E-state index contributed by atoms with van der Waals surface area (Å²) in [5.41, 5.74) is 1.63. The Morgan fingerprint density at radius 3 is 2.75 bits per heavy atom. The number of hydrogen-bond acceptors (Lipinski definition) is 3. The van der Waals surface area contributed by atoms with Crippen molar-refractivity contribution in [1.29, 1.82) is 0 Å². The summed E-state index contributed by atoms with van der Waals surface area (Å²) >= 11 is 9.36. The maximum absolute atomic E-state index is 6.14. The highest BCUT2D eigenvalue weighted by Crippen LogP contribution is 2.30. The molecular weight excluding hydrogens is 291 g/mol. The van der Waals surface area contributed by atoms with Crippen LogP contribution in [0.2, 0.25) is 5.02 Å². The summed E-state index contributed by atoms with van der Waals surface area (Å²) in [4.78, 5) is 8.21. The summed E-state index contributed by atoms with van der Waals surface area (Å²) in [6, 6.07) is 7.28. The predicted octanol–water partition coefficient (Wildman–Crippen LogP) is 3.57. The van der Waals surface area contributed by atoms with Gasteiger partial charge in [0.1, 0.15) is 5.75 Å². The third-order valence-corrected chi connectivity index (χ3v) is 2.77. The standard InChI is InChI=1S/C11H8BrClN2O/c1-16-7-2-3-8(9(13)6-7)10-4-5-14-11(12)15-10/h2-6H,1H3. The van der Waals surface area contributed by atoms with Crippen LogP contribution in [0.5, 0.6) is 5.75 Å². The molecule has 0 spiro atoms. The second kappa shape index (κ2) is 4.80. The van der Waals surface area contributed by atoms with E-state index in [1.807, 2.05) is 12.1 Å². The predicted molar refractivity (Wildman–Crippen MR) is 66.7 cm³/mol. The van der Waals surface area contributed by atoms with E-state index in [1.165, 1.54) is 0 Å². The van der Waals surface area contributed by atoms with E-state index >= 15 is 0 Å². The number of hydrogen-bond donors (Lipinski definition) is 0. The molecule has 0 fully saturated rings. The maximum Gasteiger partial charge on any atom is 0.197 e. The SMILES string of the molecule is COc1ccc(-c2ccnc(Br)n2)c(Cl)c1. The lowest BCUT2D eigenvalue weighted by molar-refractivity contribution is 0.415. The molecule has 1 aromatic heterocycles. The van der Waals surface area contributed by atoms with Crippen LogP contribution in [-0.2, 0) is 0 Å². The van der Waals surface area contributed by atoms with E-state index in [0.29, 0.717) is 9.76 Å². The summed E-state index contributed by atoms with van der Waals surface area (Å²) in [5, 5.41) is 0.602. The molecule has 0 unspecified atom stereocenters. The molecule has 16 heavy (non-hydrogen) atoms. The van der Waals surface area contributed by atoms with Crippen LogP contribution in [0.15, 0.2) is 35.2 Å². The van der Waals surface area contributed by atoms with Crippen LogP contribution in [0, 0.1) is 0 Å². The Bertz CT molecular complexity index is 519. The average molecular weight is 300 g/mol. The van der Waals surface area contributed by atoms with Gasteiger partial charge >= 0.3 is 0 Å². The lowest BCUT2D eigenvalue weighted by Crippen LogP contribution is -1.89. The van der Waals surface area contributed by atoms with Crippen molar-refractivity contribution in [2.45, 2.75) is 0 Å². The monoisotopic (exact) mass is 298 g/mol. The Morgan fingerprint density at radius 1 is 1.31 bits per heavy atom. The van der Waals surface area contributed by atoms with Crippen LogP contribution in [0.3, 0.4) is 0 Å². The van der Waals surface area contributed by atoms with Crippen molar-refractivity contribution in [3.05, 3.63) is 40.2 Å². The van der Waals surface area contributed by atoms with E-state index in [0.717, 1.165) is 17.0 Å². The van der Waals surface area contributed by atoms with Crippen LogP contribution in [0.4, 0.5) is 0 Å². The molecule has 0 N–H and O–H groups in total. The fourth-order valence-corrected chi connectivity index (χ4v) is 1.89. The topological polar surface area (TPSA) is 35.0 Å². The summed E-state index contributed by atoms with van der Waals surface area (Å²) in [7, 11) is 1.60. The normalized spacial score (nSPS) is 10.2. The van der Waals surface area contributed by atoms with Gasteiger partial charge in [-0.05, 0) is 40.2 Å². The van der Waals surface area contributed by atoms with Crippen molar-refractivity contribution in [2.24, 2.45) is 0 Å². The Labute approximate surface area is 107 Å². The molecule has 1 heterocycles. The third kappa shape index (κ3) is 2.33. The molecule has 0 bridgehead atoms. The minimum absolute atomic E-state index is 0.539. The zero-order chi connectivity index (χ0) is 11.5. The Kier molecular flexibility index (Phi) is 3.41. The van der Waals surface area contributed by atoms with Crippen molar-refractivity contribution in [2.75, 3.05) is 7.11 Å². The van der Waals surface area contributed by atoms with Crippen LogP contribution in [0.1, 0.15) is 0 Å². The van der Waals surface area contributed by atoms with E-state index < -0.39 is 0 Å². The Morgan fingerprint density at radius 2 is 2.12 bits per heavy atom. The van der Waals surface area contributed by atoms with Gasteiger partial charge in [0.05, 0.1) is 17.8 Å². The molecule has 1 aromatic carbocycles. The molecule has 5 heteroatoms. The van der Waals surface area contributed by atoms with Gasteiger partial charge in [-0.3, -0.25) is 0 Å². The molecule has 3 nitrogen and oxygen atoms in total. The van der Waals surface area contributed by atoms with E-state index in [9.17, 15) is 0 Å². The molecule has 0 atom stereocenters. The number of halogens is 2. The molecule has 2 rings (SSSR count). The first kappa shape index (κ1) is 11.4. The first-order chi connectivity index (χ1) is 7.70. The summed E-state index contributed by atoms with van der Waals surface area (Å²) < 4.78 is 5.62. The maximum atomic E-state index is 6.14. The fraction of sp³-hybridized carbons (Fsp3) is 0.0909. The summed E-state index contributed by atoms with van der Waals surface area (Å²) in [5.74, 6) is 0.724. The van der Waals surface area contributed by atoms with Gasteiger partial charge in [0.2, 0.25) is 0 Å². The highest BCUT2D eigenvalue weighted by Gasteiger charge is 2.06. The Balaban J connectivity index is 2.48. The minimum Gasteiger partial charge on any atom is -0.497 e. The molecule has 0 saturated heterocycles. The quantitative estimate of drug-likeness (QED) is 0.795. The smallest absolute Gasteiger partial charge is 0.197 e. The van der Waals surface area contributed by atoms with E-state index in [1.54, 1.807) is 25.4 Å². The van der Waals surface area contributed by atoms with E-state index in [-0.39, 0.29) is 0 Å². The number of ether oxygens (including phenoxy) is 1. The molecule has 82 valence electrons. The van der Waals surface area contributed by atoms with Crippen molar-refractivity contribution in [3.8, 4) is 17.0 Å². The zero-order valence-corrected chi connectivity index (χ0v) is 10.8. The van der Waals surface area contributed by atoms with Crippen LogP contribution < -0.4 is 4.74 Å². The second-order valence-electron chi connectivity index (χ2n) is 3.06. The second-order valence-corrected chi connectivity index (χ2v) is 4.17. The van der Waals surface area contributed by atoms with Crippen LogP contribution >= 0.6 is 27.5 Å². The summed E-state index contributed by atoms with van der Waals surface area (Å²) in [6.07, 6.45) is 1.67. The highest BCUT2D eigenvalue weighted by atomic mass is 79.9. The van der Waals surface area contributed by atoms with Crippen molar-refractivity contribution in [3.63, 3.8) is 0 Å². The third-order valence-electron chi connectivity index (χ3n) is 2.08. The molecule has 2 aromatic rings. The minimum atomic E-state index is 0.539. The van der Waals surface area contributed by atoms with Crippen LogP contribution in [0.25, 0.3) is 11.3 Å². The molecule has 0 aliphatic heterocycles. The van der Waals surface area contributed by atoms with Gasteiger partial charge < -0.3 is 4.74 Å². The molecular formula is C11H8BrClN2O. The lowest BCUT2D eigenvalue weighted by Gasteiger charge is -2.05. The number of rotatable bonds is 2. The van der Waals surface area contributed by atoms with E-state index in [4.69, 9.17) is 16.3 Å². The lowest BCUT2D eigenvalue weighted by atomic mass is 10.1. The molecule has 0 radical (unpaired) electrons. The highest BCUT2D eigenvalue weighted by molar-refractivity contribution is 9.10. The molecule has 0 saturated carbocycles. The number of nitrogens with zero attached hydrogens (tertiary/aromatic N) is 2. The van der Waals surface area contributed by atoms with Gasteiger partial charge in [-0.15, -0.1) is 0 Å². The van der Waals surface area contributed by atoms with Crippen LogP contribution in [-0.4, -0.2) is 17.1 Å². The largest absolute Gasteiger partial charge is 0.497 e. The first-order valence-corrected chi connectivity index (χ1v) is 5.70. The zero-order valence-electron chi connectivity index (χ0n) is 8.45. The number of benzene rings is 1.